The van der Waals surface area contributed by atoms with Crippen molar-refractivity contribution >= 4 is 0 Å². The Labute approximate surface area is 113 Å². The topological polar surface area (TPSA) is 12.0 Å². The van der Waals surface area contributed by atoms with Crippen molar-refractivity contribution in [1.29, 1.82) is 0 Å². The zero-order valence-electron chi connectivity index (χ0n) is 12.5. The van der Waals surface area contributed by atoms with Crippen molar-refractivity contribution in [2.75, 3.05) is 13.1 Å². The Kier molecular flexibility index (Phi) is 6.42. The van der Waals surface area contributed by atoms with E-state index in [2.05, 4.69) is 63.3 Å². The van der Waals surface area contributed by atoms with Gasteiger partial charge in [-0.1, -0.05) is 64.4 Å². The molecular weight excluding hydrogens is 218 g/mol. The van der Waals surface area contributed by atoms with Gasteiger partial charge in [0, 0.05) is 6.54 Å². The minimum atomic E-state index is 0.380. The molecule has 0 aliphatic rings. The molecular formula is C17H29N. The second-order valence-electron chi connectivity index (χ2n) is 6.25. The van der Waals surface area contributed by atoms with Crippen LogP contribution >= 0.6 is 0 Å². The molecule has 0 fully saturated rings. The maximum atomic E-state index is 3.63. The van der Waals surface area contributed by atoms with Gasteiger partial charge in [-0.25, -0.2) is 0 Å². The average molecular weight is 247 g/mol. The summed E-state index contributed by atoms with van der Waals surface area (Å²) in [4.78, 5) is 0. The smallest absolute Gasteiger partial charge is 0.000846 e. The molecule has 1 N–H and O–H groups in total. The standard InChI is InChI=1S/C17H29N/c1-5-11-17(4,14-18-13-15(2)3)12-16-9-7-6-8-10-16/h6-10,15,18H,5,11-14H2,1-4H3. The SMILES string of the molecule is CCCC(C)(CNCC(C)C)Cc1ccccc1. The maximum absolute atomic E-state index is 3.63. The van der Waals surface area contributed by atoms with Crippen LogP contribution in [0.5, 0.6) is 0 Å². The Morgan fingerprint density at radius 2 is 1.83 bits per heavy atom. The predicted octanol–water partition coefficient (Wildman–Crippen LogP) is 4.28. The normalized spacial score (nSPS) is 14.7. The molecule has 0 spiro atoms. The van der Waals surface area contributed by atoms with Crippen LogP contribution in [-0.2, 0) is 6.42 Å². The summed E-state index contributed by atoms with van der Waals surface area (Å²) in [6, 6.07) is 10.9. The molecule has 1 nitrogen and oxygen atoms in total. The van der Waals surface area contributed by atoms with Crippen LogP contribution in [0.15, 0.2) is 30.3 Å². The van der Waals surface area contributed by atoms with Gasteiger partial charge in [0.2, 0.25) is 0 Å². The fourth-order valence-corrected chi connectivity index (χ4v) is 2.59. The van der Waals surface area contributed by atoms with Crippen LogP contribution in [-0.4, -0.2) is 13.1 Å². The number of rotatable bonds is 8. The van der Waals surface area contributed by atoms with E-state index in [-0.39, 0.29) is 0 Å². The molecule has 0 aliphatic carbocycles. The third-order valence-electron chi connectivity index (χ3n) is 3.43. The Morgan fingerprint density at radius 1 is 1.17 bits per heavy atom. The number of hydrogen-bond acceptors (Lipinski definition) is 1. The van der Waals surface area contributed by atoms with E-state index < -0.39 is 0 Å². The van der Waals surface area contributed by atoms with Crippen LogP contribution in [0.4, 0.5) is 0 Å². The van der Waals surface area contributed by atoms with E-state index in [1.807, 2.05) is 0 Å². The van der Waals surface area contributed by atoms with Gasteiger partial charge < -0.3 is 5.32 Å². The summed E-state index contributed by atoms with van der Waals surface area (Å²) in [5.41, 5.74) is 1.84. The molecule has 1 aromatic carbocycles. The Morgan fingerprint density at radius 3 is 2.39 bits per heavy atom. The average Bonchev–Trinajstić information content (AvgIpc) is 2.29. The van der Waals surface area contributed by atoms with E-state index in [0.29, 0.717) is 5.41 Å². The molecule has 0 heterocycles. The minimum absolute atomic E-state index is 0.380. The molecule has 0 radical (unpaired) electrons. The molecule has 1 unspecified atom stereocenters. The van der Waals surface area contributed by atoms with Gasteiger partial charge in [0.15, 0.2) is 0 Å². The molecule has 1 heteroatoms. The molecule has 1 rings (SSSR count). The third-order valence-corrected chi connectivity index (χ3v) is 3.43. The first kappa shape index (κ1) is 15.2. The van der Waals surface area contributed by atoms with Crippen LogP contribution in [0.2, 0.25) is 0 Å². The van der Waals surface area contributed by atoms with Crippen molar-refractivity contribution < 1.29 is 0 Å². The highest BCUT2D eigenvalue weighted by atomic mass is 14.9. The van der Waals surface area contributed by atoms with Crippen molar-refractivity contribution in [3.8, 4) is 0 Å². The lowest BCUT2D eigenvalue weighted by Crippen LogP contribution is -2.35. The first-order chi connectivity index (χ1) is 8.56. The predicted molar refractivity (Wildman–Crippen MR) is 80.9 cm³/mol. The first-order valence-corrected chi connectivity index (χ1v) is 7.30. The highest BCUT2D eigenvalue weighted by molar-refractivity contribution is 5.16. The lowest BCUT2D eigenvalue weighted by atomic mass is 9.79. The molecule has 0 saturated carbocycles. The number of benzene rings is 1. The highest BCUT2D eigenvalue weighted by Gasteiger charge is 2.23. The van der Waals surface area contributed by atoms with Crippen molar-refractivity contribution in [3.05, 3.63) is 35.9 Å². The molecule has 1 aromatic rings. The van der Waals surface area contributed by atoms with Crippen LogP contribution in [0.1, 0.15) is 46.1 Å². The maximum Gasteiger partial charge on any atom is 0.000846 e. The lowest BCUT2D eigenvalue weighted by molar-refractivity contribution is 0.271. The number of hydrogen-bond donors (Lipinski definition) is 1. The Hall–Kier alpha value is -0.820. The van der Waals surface area contributed by atoms with Crippen LogP contribution in [0.3, 0.4) is 0 Å². The monoisotopic (exact) mass is 247 g/mol. The molecule has 102 valence electrons. The Bertz CT molecular complexity index is 318. The molecule has 18 heavy (non-hydrogen) atoms. The number of nitrogens with one attached hydrogen (secondary N) is 1. The van der Waals surface area contributed by atoms with Crippen LogP contribution < -0.4 is 5.32 Å². The van der Waals surface area contributed by atoms with Gasteiger partial charge in [0.05, 0.1) is 0 Å². The van der Waals surface area contributed by atoms with Crippen molar-refractivity contribution in [1.82, 2.24) is 5.32 Å². The van der Waals surface area contributed by atoms with Gasteiger partial charge in [0.1, 0.15) is 0 Å². The largest absolute Gasteiger partial charge is 0.316 e. The molecule has 0 bridgehead atoms. The van der Waals surface area contributed by atoms with Crippen molar-refractivity contribution in [3.63, 3.8) is 0 Å². The molecule has 1 atom stereocenters. The summed E-state index contributed by atoms with van der Waals surface area (Å²) in [7, 11) is 0. The third kappa shape index (κ3) is 5.68. The summed E-state index contributed by atoms with van der Waals surface area (Å²) in [5, 5.41) is 3.63. The molecule has 0 amide bonds. The van der Waals surface area contributed by atoms with Crippen LogP contribution in [0.25, 0.3) is 0 Å². The van der Waals surface area contributed by atoms with E-state index in [4.69, 9.17) is 0 Å². The zero-order valence-corrected chi connectivity index (χ0v) is 12.5. The van der Waals surface area contributed by atoms with Gasteiger partial charge >= 0.3 is 0 Å². The van der Waals surface area contributed by atoms with E-state index >= 15 is 0 Å². The summed E-state index contributed by atoms with van der Waals surface area (Å²) >= 11 is 0. The lowest BCUT2D eigenvalue weighted by Gasteiger charge is -2.30. The van der Waals surface area contributed by atoms with Crippen molar-refractivity contribution in [2.45, 2.75) is 47.0 Å². The van der Waals surface area contributed by atoms with Crippen LogP contribution in [0, 0.1) is 11.3 Å². The van der Waals surface area contributed by atoms with Gasteiger partial charge in [-0.3, -0.25) is 0 Å². The van der Waals surface area contributed by atoms with Gasteiger partial charge in [-0.15, -0.1) is 0 Å². The fourth-order valence-electron chi connectivity index (χ4n) is 2.59. The van der Waals surface area contributed by atoms with Gasteiger partial charge in [-0.2, -0.15) is 0 Å². The quantitative estimate of drug-likeness (QED) is 0.723. The first-order valence-electron chi connectivity index (χ1n) is 7.30. The molecule has 0 aliphatic heterocycles. The van der Waals surface area contributed by atoms with E-state index in [9.17, 15) is 0 Å². The summed E-state index contributed by atoms with van der Waals surface area (Å²) in [6.45, 7) is 11.5. The Balaban J connectivity index is 2.56. The molecule has 0 saturated heterocycles. The van der Waals surface area contributed by atoms with E-state index in [1.165, 1.54) is 24.8 Å². The van der Waals surface area contributed by atoms with E-state index in [1.54, 1.807) is 0 Å². The summed E-state index contributed by atoms with van der Waals surface area (Å²) < 4.78 is 0. The second kappa shape index (κ2) is 7.58. The summed E-state index contributed by atoms with van der Waals surface area (Å²) in [6.07, 6.45) is 3.71. The van der Waals surface area contributed by atoms with Gasteiger partial charge in [0.25, 0.3) is 0 Å². The van der Waals surface area contributed by atoms with E-state index in [0.717, 1.165) is 19.0 Å². The van der Waals surface area contributed by atoms with Crippen molar-refractivity contribution in [2.24, 2.45) is 11.3 Å². The highest BCUT2D eigenvalue weighted by Crippen LogP contribution is 2.27. The zero-order chi connectivity index (χ0) is 13.4. The minimum Gasteiger partial charge on any atom is -0.316 e. The summed E-state index contributed by atoms with van der Waals surface area (Å²) in [5.74, 6) is 0.729. The fraction of sp³-hybridized carbons (Fsp3) is 0.647. The molecule has 0 aromatic heterocycles. The second-order valence-corrected chi connectivity index (χ2v) is 6.25. The van der Waals surface area contributed by atoms with Gasteiger partial charge in [-0.05, 0) is 36.3 Å².